The van der Waals surface area contributed by atoms with Crippen molar-refractivity contribution in [3.05, 3.63) is 108 Å². The fourth-order valence-corrected chi connectivity index (χ4v) is 17.4. The van der Waals surface area contributed by atoms with Gasteiger partial charge >= 0.3 is 6.09 Å². The number of furan rings is 1. The molecule has 1 aromatic heterocycles. The van der Waals surface area contributed by atoms with Crippen molar-refractivity contribution >= 4 is 84.1 Å². The lowest BCUT2D eigenvalue weighted by atomic mass is 9.30. The van der Waals surface area contributed by atoms with Gasteiger partial charge in [-0.05, 0) is 155 Å². The molecule has 7 unspecified atom stereocenters. The number of ether oxygens (including phenoxy) is 1. The summed E-state index contributed by atoms with van der Waals surface area (Å²) >= 11 is 0. The predicted octanol–water partition coefficient (Wildman–Crippen LogP) is 10.5. The first kappa shape index (κ1) is 30.1. The molecule has 3 heterocycles. The quantitative estimate of drug-likeness (QED) is 0.170. The predicted molar refractivity (Wildman–Crippen MR) is 227 cm³/mol. The maximum absolute atomic E-state index is 15.1. The molecule has 10 aliphatic rings. The van der Waals surface area contributed by atoms with E-state index in [2.05, 4.69) is 97.1 Å². The number of carbonyl (C=O) groups is 1. The lowest BCUT2D eigenvalue weighted by molar-refractivity contribution is -0.198. The third kappa shape index (κ3) is 3.15. The van der Waals surface area contributed by atoms with Gasteiger partial charge in [0.05, 0.1) is 5.69 Å². The summed E-state index contributed by atoms with van der Waals surface area (Å²) in [7, 11) is 0. The molecule has 6 bridgehead atoms. The monoisotopic (exact) mass is 739 g/mol. The zero-order valence-electron chi connectivity index (χ0n) is 32.0. The van der Waals surface area contributed by atoms with E-state index in [4.69, 9.17) is 9.15 Å². The van der Waals surface area contributed by atoms with Crippen molar-refractivity contribution in [1.29, 1.82) is 0 Å². The fourth-order valence-electron chi connectivity index (χ4n) is 17.4. The highest BCUT2D eigenvalue weighted by molar-refractivity contribution is 7.00. The molecule has 1 amide bonds. The number of benzene rings is 6. The second-order valence-electron chi connectivity index (χ2n) is 20.6. The molecule has 276 valence electrons. The number of anilines is 2. The summed E-state index contributed by atoms with van der Waals surface area (Å²) in [4.78, 5) is 17.1. The average molecular weight is 740 g/mol. The van der Waals surface area contributed by atoms with Gasteiger partial charge in [0, 0.05) is 38.2 Å². The number of hydrogen-bond donors (Lipinski definition) is 0. The van der Waals surface area contributed by atoms with Crippen LogP contribution in [0.3, 0.4) is 0 Å². The summed E-state index contributed by atoms with van der Waals surface area (Å²) in [6.07, 6.45) is 13.4. The topological polar surface area (TPSA) is 42.7 Å². The van der Waals surface area contributed by atoms with Crippen LogP contribution in [-0.2, 0) is 10.8 Å². The molecular weight excluding hydrogens is 697 g/mol. The molecule has 8 aliphatic carbocycles. The highest BCUT2D eigenvalue weighted by Crippen LogP contribution is 2.87. The number of carbonyl (C=O) groups excluding carboxylic acids is 1. The van der Waals surface area contributed by atoms with Gasteiger partial charge in [0.25, 0.3) is 6.71 Å². The van der Waals surface area contributed by atoms with Crippen LogP contribution >= 0.6 is 0 Å². The van der Waals surface area contributed by atoms with E-state index in [9.17, 15) is 0 Å². The molecule has 6 aromatic carbocycles. The van der Waals surface area contributed by atoms with E-state index in [-0.39, 0.29) is 23.6 Å². The van der Waals surface area contributed by atoms with Gasteiger partial charge in [-0.2, -0.15) is 0 Å². The molecule has 4 nitrogen and oxygen atoms in total. The zero-order chi connectivity index (χ0) is 36.7. The molecular formula is C52H42BNO3. The standard InChI is InChI=1S/C52H42BNO3/c55-49-54-42-15-12-30-6-1-2-7-34(30)45(42)53(41-10-5-9-36-35-8-3-4-11-43(35)56-47(36)41)40-14-13-37-38(51-24-29-19-32-20-33(26-51)52(32,51)25-29)21-39(48(57-49)44(37)46(40)54)50-22-27-16-28(23-50)18-31(50)17-27/h1-15,21,27-29,31-33H,16-20,22-26H2. The van der Waals surface area contributed by atoms with Crippen molar-refractivity contribution < 1.29 is 13.9 Å². The first-order chi connectivity index (χ1) is 28.0. The minimum absolute atomic E-state index is 0.118. The Bertz CT molecular complexity index is 3080. The molecule has 8 saturated carbocycles. The van der Waals surface area contributed by atoms with Crippen LogP contribution in [0.2, 0.25) is 0 Å². The molecule has 0 N–H and O–H groups in total. The van der Waals surface area contributed by atoms with E-state index >= 15 is 4.79 Å². The summed E-state index contributed by atoms with van der Waals surface area (Å²) in [5, 5.41) is 7.20. The van der Waals surface area contributed by atoms with E-state index in [1.807, 2.05) is 4.90 Å². The normalized spacial score (nSPS) is 35.3. The van der Waals surface area contributed by atoms with Crippen LogP contribution in [0.1, 0.15) is 75.3 Å². The fraction of sp³-hybridized carbons (Fsp3) is 0.365. The van der Waals surface area contributed by atoms with Gasteiger partial charge in [0.15, 0.2) is 0 Å². The minimum atomic E-state index is -0.254. The van der Waals surface area contributed by atoms with E-state index in [1.54, 1.807) is 5.56 Å². The van der Waals surface area contributed by atoms with Crippen LogP contribution in [0, 0.1) is 40.9 Å². The van der Waals surface area contributed by atoms with Gasteiger partial charge in [-0.3, -0.25) is 0 Å². The Labute approximate surface area is 331 Å². The number of rotatable bonds is 3. The summed E-state index contributed by atoms with van der Waals surface area (Å²) in [6, 6.07) is 35.9. The number of amides is 1. The Morgan fingerprint density at radius 3 is 2.33 bits per heavy atom. The van der Waals surface area contributed by atoms with Crippen LogP contribution < -0.4 is 26.0 Å². The Morgan fingerprint density at radius 1 is 0.632 bits per heavy atom. The zero-order valence-corrected chi connectivity index (χ0v) is 32.0. The Hall–Kier alpha value is -5.03. The molecule has 17 rings (SSSR count). The van der Waals surface area contributed by atoms with E-state index in [0.29, 0.717) is 11.3 Å². The van der Waals surface area contributed by atoms with Crippen molar-refractivity contribution in [2.24, 2.45) is 40.9 Å². The Kier molecular flexibility index (Phi) is 5.00. The smallest absolute Gasteiger partial charge is 0.424 e. The largest absolute Gasteiger partial charge is 0.457 e. The van der Waals surface area contributed by atoms with Gasteiger partial charge < -0.3 is 9.15 Å². The van der Waals surface area contributed by atoms with Gasteiger partial charge in [0.2, 0.25) is 0 Å². The van der Waals surface area contributed by atoms with Crippen LogP contribution in [0.4, 0.5) is 16.2 Å². The lowest BCUT2D eigenvalue weighted by Gasteiger charge is -2.73. The SMILES string of the molecule is O=C1Oc2c(C34CC5CC(CC3C5)C4)cc(C34CC5CC6CC(C3)C64C5)c3ccc4c(c23)N1c1ccc2ccccc2c1B4c1cccc2c1oc1ccccc12. The van der Waals surface area contributed by atoms with E-state index < -0.39 is 0 Å². The third-order valence-electron chi connectivity index (χ3n) is 18.8. The summed E-state index contributed by atoms with van der Waals surface area (Å²) < 4.78 is 13.8. The second kappa shape index (κ2) is 9.47. The number of fused-ring (bicyclic) bond motifs is 8. The Balaban J connectivity index is 1.05. The molecule has 2 aliphatic heterocycles. The van der Waals surface area contributed by atoms with E-state index in [1.165, 1.54) is 96.8 Å². The first-order valence-corrected chi connectivity index (χ1v) is 22.1. The summed E-state index contributed by atoms with van der Waals surface area (Å²) in [6.45, 7) is -0.142. The maximum atomic E-state index is 15.1. The molecule has 5 heteroatoms. The highest BCUT2D eigenvalue weighted by atomic mass is 16.6. The molecule has 7 aromatic rings. The van der Waals surface area contributed by atoms with E-state index in [0.717, 1.165) is 79.6 Å². The van der Waals surface area contributed by atoms with Crippen molar-refractivity contribution in [3.63, 3.8) is 0 Å². The molecule has 8 fully saturated rings. The molecule has 57 heavy (non-hydrogen) atoms. The number of para-hydroxylation sites is 2. The van der Waals surface area contributed by atoms with Gasteiger partial charge in [-0.1, -0.05) is 84.9 Å². The minimum Gasteiger partial charge on any atom is -0.457 e. The molecule has 7 atom stereocenters. The molecule has 0 radical (unpaired) electrons. The molecule has 0 saturated heterocycles. The second-order valence-corrected chi connectivity index (χ2v) is 20.6. The average Bonchev–Trinajstić information content (AvgIpc) is 3.98. The third-order valence-corrected chi connectivity index (χ3v) is 18.8. The van der Waals surface area contributed by atoms with Crippen LogP contribution in [0.15, 0.2) is 101 Å². The highest BCUT2D eigenvalue weighted by Gasteiger charge is 2.81. The van der Waals surface area contributed by atoms with Gasteiger partial charge in [-0.15, -0.1) is 0 Å². The number of nitrogens with zero attached hydrogens (tertiary/aromatic N) is 1. The molecule has 1 spiro atoms. The van der Waals surface area contributed by atoms with Crippen LogP contribution in [0.25, 0.3) is 43.5 Å². The van der Waals surface area contributed by atoms with Crippen molar-refractivity contribution in [2.75, 3.05) is 4.90 Å². The van der Waals surface area contributed by atoms with Gasteiger partial charge in [0.1, 0.15) is 16.9 Å². The van der Waals surface area contributed by atoms with Crippen molar-refractivity contribution in [2.45, 2.75) is 75.0 Å². The van der Waals surface area contributed by atoms with Crippen molar-refractivity contribution in [3.8, 4) is 5.75 Å². The van der Waals surface area contributed by atoms with Crippen LogP contribution in [0.5, 0.6) is 5.75 Å². The van der Waals surface area contributed by atoms with Crippen LogP contribution in [-0.4, -0.2) is 12.8 Å². The number of hydrogen-bond acceptors (Lipinski definition) is 3. The lowest BCUT2D eigenvalue weighted by Crippen LogP contribution is -2.68. The first-order valence-electron chi connectivity index (χ1n) is 22.1. The summed E-state index contributed by atoms with van der Waals surface area (Å²) in [5.41, 5.74) is 11.3. The maximum Gasteiger partial charge on any atom is 0.424 e. The van der Waals surface area contributed by atoms with Crippen molar-refractivity contribution in [1.82, 2.24) is 0 Å². The summed E-state index contributed by atoms with van der Waals surface area (Å²) in [5.74, 6) is 5.90. The van der Waals surface area contributed by atoms with Gasteiger partial charge in [-0.25, -0.2) is 9.69 Å². The Morgan fingerprint density at radius 2 is 1.46 bits per heavy atom.